The third-order valence-electron chi connectivity index (χ3n) is 3.19. The summed E-state index contributed by atoms with van der Waals surface area (Å²) in [5.41, 5.74) is 1.32. The van der Waals surface area contributed by atoms with Gasteiger partial charge in [-0.15, -0.1) is 0 Å². The summed E-state index contributed by atoms with van der Waals surface area (Å²) in [5.74, 6) is 0. The molecule has 3 heteroatoms. The lowest BCUT2D eigenvalue weighted by molar-refractivity contribution is 0.0609. The number of ether oxygens (including phenoxy) is 1. The van der Waals surface area contributed by atoms with Gasteiger partial charge in [0.2, 0.25) is 0 Å². The zero-order valence-electron chi connectivity index (χ0n) is 11.9. The lowest BCUT2D eigenvalue weighted by Crippen LogP contribution is -2.43. The molecule has 0 amide bonds. The summed E-state index contributed by atoms with van der Waals surface area (Å²) in [6.45, 7) is 5.44. The second kappa shape index (κ2) is 9.06. The van der Waals surface area contributed by atoms with Crippen molar-refractivity contribution in [3.63, 3.8) is 0 Å². The summed E-state index contributed by atoms with van der Waals surface area (Å²) in [6, 6.07) is 4.55. The average molecular weight is 250 g/mol. The number of nitrogens with one attached hydrogen (secondary N) is 1. The van der Waals surface area contributed by atoms with Gasteiger partial charge in [-0.3, -0.25) is 4.98 Å². The molecular formula is C15H26N2O. The van der Waals surface area contributed by atoms with Gasteiger partial charge in [-0.25, -0.2) is 0 Å². The van der Waals surface area contributed by atoms with Crippen LogP contribution in [0.15, 0.2) is 24.5 Å². The molecule has 0 saturated carbocycles. The maximum absolute atomic E-state index is 5.64. The Morgan fingerprint density at radius 2 is 1.94 bits per heavy atom. The first-order valence-electron chi connectivity index (χ1n) is 6.96. The largest absolute Gasteiger partial charge is 0.380 e. The average Bonchev–Trinajstić information content (AvgIpc) is 2.42. The van der Waals surface area contributed by atoms with Crippen molar-refractivity contribution in [3.8, 4) is 0 Å². The van der Waals surface area contributed by atoms with E-state index in [1.807, 2.05) is 19.5 Å². The van der Waals surface area contributed by atoms with Crippen LogP contribution in [0.4, 0.5) is 0 Å². The minimum atomic E-state index is 0.287. The number of hydrogen-bond donors (Lipinski definition) is 1. The van der Waals surface area contributed by atoms with Crippen LogP contribution in [0.5, 0.6) is 0 Å². The minimum Gasteiger partial charge on any atom is -0.380 e. The molecular weight excluding hydrogens is 224 g/mol. The van der Waals surface area contributed by atoms with Crippen LogP contribution < -0.4 is 5.32 Å². The smallest absolute Gasteiger partial charge is 0.0727 e. The first-order chi connectivity index (χ1) is 8.81. The Morgan fingerprint density at radius 1 is 1.22 bits per heavy atom. The molecule has 3 nitrogen and oxygen atoms in total. The maximum atomic E-state index is 5.64. The molecule has 102 valence electrons. The van der Waals surface area contributed by atoms with Gasteiger partial charge in [-0.2, -0.15) is 0 Å². The molecule has 1 heterocycles. The molecule has 0 fully saturated rings. The van der Waals surface area contributed by atoms with Crippen LogP contribution in [0.1, 0.15) is 38.7 Å². The summed E-state index contributed by atoms with van der Waals surface area (Å²) in [7, 11) is 1.81. The van der Waals surface area contributed by atoms with E-state index in [0.29, 0.717) is 6.04 Å². The third kappa shape index (κ3) is 5.15. The van der Waals surface area contributed by atoms with Crippen LogP contribution in [0.2, 0.25) is 0 Å². The number of aromatic nitrogens is 1. The highest BCUT2D eigenvalue weighted by Gasteiger charge is 2.20. The van der Waals surface area contributed by atoms with E-state index in [1.54, 1.807) is 0 Å². The molecule has 0 spiro atoms. The Labute approximate surface area is 111 Å². The number of methoxy groups -OCH3 is 1. The predicted molar refractivity (Wildman–Crippen MR) is 75.7 cm³/mol. The van der Waals surface area contributed by atoms with Crippen molar-refractivity contribution in [2.75, 3.05) is 13.7 Å². The number of nitrogens with zero attached hydrogens (tertiary/aromatic N) is 1. The lowest BCUT2D eigenvalue weighted by atomic mass is 9.98. The molecule has 18 heavy (non-hydrogen) atoms. The molecule has 0 aliphatic rings. The summed E-state index contributed by atoms with van der Waals surface area (Å²) >= 11 is 0. The van der Waals surface area contributed by atoms with E-state index in [-0.39, 0.29) is 6.10 Å². The van der Waals surface area contributed by atoms with E-state index in [9.17, 15) is 0 Å². The fourth-order valence-electron chi connectivity index (χ4n) is 2.21. The molecule has 2 atom stereocenters. The van der Waals surface area contributed by atoms with E-state index in [0.717, 1.165) is 32.2 Å². The van der Waals surface area contributed by atoms with E-state index < -0.39 is 0 Å². The van der Waals surface area contributed by atoms with Crippen LogP contribution >= 0.6 is 0 Å². The van der Waals surface area contributed by atoms with Gasteiger partial charge in [0.25, 0.3) is 0 Å². The molecule has 0 bridgehead atoms. The van der Waals surface area contributed by atoms with Crippen LogP contribution in [-0.2, 0) is 11.2 Å². The fourth-order valence-corrected chi connectivity index (χ4v) is 2.21. The standard InChI is InChI=1S/C15H26N2O/c1-4-6-15(18-3)14(17-9-5-2)12-13-7-10-16-11-8-13/h7-8,10-11,14-15,17H,4-6,9,12H2,1-3H3. The van der Waals surface area contributed by atoms with Gasteiger partial charge in [0.05, 0.1) is 6.10 Å². The van der Waals surface area contributed by atoms with Gasteiger partial charge in [-0.05, 0) is 43.5 Å². The molecule has 1 N–H and O–H groups in total. The monoisotopic (exact) mass is 250 g/mol. The van der Waals surface area contributed by atoms with Crippen LogP contribution in [0.3, 0.4) is 0 Å². The maximum Gasteiger partial charge on any atom is 0.0727 e. The molecule has 1 rings (SSSR count). The summed E-state index contributed by atoms with van der Waals surface area (Å²) in [4.78, 5) is 4.06. The van der Waals surface area contributed by atoms with Gasteiger partial charge in [0.15, 0.2) is 0 Å². The molecule has 0 aliphatic heterocycles. The zero-order chi connectivity index (χ0) is 13.2. The molecule has 2 unspecified atom stereocenters. The minimum absolute atomic E-state index is 0.287. The Hall–Kier alpha value is -0.930. The highest BCUT2D eigenvalue weighted by Crippen LogP contribution is 2.12. The van der Waals surface area contributed by atoms with Crippen LogP contribution in [-0.4, -0.2) is 30.8 Å². The van der Waals surface area contributed by atoms with Crippen molar-refractivity contribution in [2.24, 2.45) is 0 Å². The predicted octanol–water partition coefficient (Wildman–Crippen LogP) is 2.81. The Bertz CT molecular complexity index is 303. The van der Waals surface area contributed by atoms with E-state index >= 15 is 0 Å². The normalized spacial score (nSPS) is 14.4. The molecule has 1 aromatic heterocycles. The Kier molecular flexibility index (Phi) is 7.62. The van der Waals surface area contributed by atoms with Crippen LogP contribution in [0, 0.1) is 0 Å². The molecule has 1 aromatic rings. The van der Waals surface area contributed by atoms with Gasteiger partial charge in [0, 0.05) is 25.5 Å². The molecule has 0 radical (unpaired) electrons. The zero-order valence-corrected chi connectivity index (χ0v) is 11.9. The summed E-state index contributed by atoms with van der Waals surface area (Å²) in [6.07, 6.45) is 8.40. The van der Waals surface area contributed by atoms with Crippen molar-refractivity contribution < 1.29 is 4.74 Å². The quantitative estimate of drug-likeness (QED) is 0.732. The van der Waals surface area contributed by atoms with Crippen molar-refractivity contribution in [1.82, 2.24) is 10.3 Å². The highest BCUT2D eigenvalue weighted by molar-refractivity contribution is 5.12. The van der Waals surface area contributed by atoms with Gasteiger partial charge in [-0.1, -0.05) is 20.3 Å². The fraction of sp³-hybridized carbons (Fsp3) is 0.667. The second-order valence-corrected chi connectivity index (χ2v) is 4.68. The first-order valence-corrected chi connectivity index (χ1v) is 6.96. The Morgan fingerprint density at radius 3 is 2.50 bits per heavy atom. The second-order valence-electron chi connectivity index (χ2n) is 4.68. The summed E-state index contributed by atoms with van der Waals surface area (Å²) in [5, 5.41) is 3.61. The molecule has 0 aromatic carbocycles. The number of rotatable bonds is 9. The van der Waals surface area contributed by atoms with Gasteiger partial charge < -0.3 is 10.1 Å². The third-order valence-corrected chi connectivity index (χ3v) is 3.19. The Balaban J connectivity index is 2.64. The lowest BCUT2D eigenvalue weighted by Gasteiger charge is -2.27. The SMILES string of the molecule is CCCNC(Cc1ccncc1)C(CCC)OC. The molecule has 0 saturated heterocycles. The van der Waals surface area contributed by atoms with Crippen molar-refractivity contribution >= 4 is 0 Å². The van der Waals surface area contributed by atoms with E-state index in [1.165, 1.54) is 5.56 Å². The number of pyridine rings is 1. The molecule has 0 aliphatic carbocycles. The van der Waals surface area contributed by atoms with E-state index in [2.05, 4.69) is 36.3 Å². The van der Waals surface area contributed by atoms with Crippen LogP contribution in [0.25, 0.3) is 0 Å². The highest BCUT2D eigenvalue weighted by atomic mass is 16.5. The van der Waals surface area contributed by atoms with E-state index in [4.69, 9.17) is 4.74 Å². The van der Waals surface area contributed by atoms with Gasteiger partial charge in [0.1, 0.15) is 0 Å². The first kappa shape index (κ1) is 15.1. The van der Waals surface area contributed by atoms with Crippen molar-refractivity contribution in [2.45, 2.75) is 51.7 Å². The van der Waals surface area contributed by atoms with Gasteiger partial charge >= 0.3 is 0 Å². The van der Waals surface area contributed by atoms with Crippen molar-refractivity contribution in [3.05, 3.63) is 30.1 Å². The summed E-state index contributed by atoms with van der Waals surface area (Å²) < 4.78 is 5.64. The number of hydrogen-bond acceptors (Lipinski definition) is 3. The van der Waals surface area contributed by atoms with Crippen molar-refractivity contribution in [1.29, 1.82) is 0 Å². The topological polar surface area (TPSA) is 34.2 Å².